The minimum absolute atomic E-state index is 0.0925. The standard InChI is InChI=1S/C33H44N6O3/c1-21(2)42-30-12-11-26(17-27(30)18-35)29(40)16-24(19-37-31(41)22(3)36)15-23-7-9-25(10-8-23)28-20-39(14-13-34)32(38-28)33(4,5)6/h7-12,17,20-22,24H,13-16,19,34,36H2,1-6H3,(H,37,41)/t22-,24-/m1/s1. The van der Waals surface area contributed by atoms with Gasteiger partial charge in [-0.05, 0) is 56.9 Å². The number of nitriles is 1. The van der Waals surface area contributed by atoms with Crippen molar-refractivity contribution in [3.63, 3.8) is 0 Å². The van der Waals surface area contributed by atoms with E-state index in [4.69, 9.17) is 21.2 Å². The summed E-state index contributed by atoms with van der Waals surface area (Å²) >= 11 is 0. The minimum Gasteiger partial charge on any atom is -0.490 e. The van der Waals surface area contributed by atoms with Crippen molar-refractivity contribution in [1.29, 1.82) is 5.26 Å². The van der Waals surface area contributed by atoms with Gasteiger partial charge in [-0.15, -0.1) is 0 Å². The average molecular weight is 573 g/mol. The van der Waals surface area contributed by atoms with Crippen LogP contribution in [0.3, 0.4) is 0 Å². The third-order valence-electron chi connectivity index (χ3n) is 6.83. The zero-order chi connectivity index (χ0) is 31.0. The van der Waals surface area contributed by atoms with Crippen LogP contribution in [0.1, 0.15) is 75.3 Å². The van der Waals surface area contributed by atoms with Crippen LogP contribution in [-0.2, 0) is 23.2 Å². The largest absolute Gasteiger partial charge is 0.490 e. The van der Waals surface area contributed by atoms with Crippen LogP contribution in [-0.4, -0.2) is 46.5 Å². The molecule has 42 heavy (non-hydrogen) atoms. The number of ether oxygens (including phenoxy) is 1. The lowest BCUT2D eigenvalue weighted by Gasteiger charge is -2.19. The zero-order valence-electron chi connectivity index (χ0n) is 25.6. The molecule has 0 bridgehead atoms. The third kappa shape index (κ3) is 8.75. The minimum atomic E-state index is -0.649. The van der Waals surface area contributed by atoms with Crippen molar-refractivity contribution in [2.75, 3.05) is 13.1 Å². The van der Waals surface area contributed by atoms with Gasteiger partial charge in [-0.3, -0.25) is 9.59 Å². The van der Waals surface area contributed by atoms with Crippen molar-refractivity contribution < 1.29 is 14.3 Å². The number of aromatic nitrogens is 2. The smallest absolute Gasteiger partial charge is 0.236 e. The molecule has 9 nitrogen and oxygen atoms in total. The fourth-order valence-corrected chi connectivity index (χ4v) is 4.76. The zero-order valence-corrected chi connectivity index (χ0v) is 25.6. The second-order valence-corrected chi connectivity index (χ2v) is 12.1. The number of rotatable bonds is 13. The van der Waals surface area contributed by atoms with E-state index in [2.05, 4.69) is 36.7 Å². The summed E-state index contributed by atoms with van der Waals surface area (Å²) in [6, 6.07) is 14.5. The molecule has 1 amide bonds. The SMILES string of the molecule is CC(C)Oc1ccc(C(=O)C[C@H](CNC(=O)[C@@H](C)N)Cc2ccc(-c3cn(CCN)c(C(C)(C)C)n3)cc2)cc1C#N. The van der Waals surface area contributed by atoms with Crippen LogP contribution in [0.2, 0.25) is 0 Å². The average Bonchev–Trinajstić information content (AvgIpc) is 3.36. The highest BCUT2D eigenvalue weighted by Gasteiger charge is 2.23. The van der Waals surface area contributed by atoms with Gasteiger partial charge < -0.3 is 26.1 Å². The Bertz CT molecular complexity index is 1410. The van der Waals surface area contributed by atoms with Crippen molar-refractivity contribution >= 4 is 11.7 Å². The predicted octanol–water partition coefficient (Wildman–Crippen LogP) is 4.36. The molecule has 0 aliphatic rings. The number of nitrogens with two attached hydrogens (primary N) is 2. The van der Waals surface area contributed by atoms with E-state index < -0.39 is 6.04 Å². The van der Waals surface area contributed by atoms with E-state index in [1.165, 1.54) is 0 Å². The maximum atomic E-state index is 13.3. The molecule has 0 aliphatic carbocycles. The van der Waals surface area contributed by atoms with Crippen molar-refractivity contribution in [3.05, 3.63) is 71.2 Å². The van der Waals surface area contributed by atoms with Crippen molar-refractivity contribution in [2.24, 2.45) is 17.4 Å². The van der Waals surface area contributed by atoms with Crippen LogP contribution in [0.4, 0.5) is 0 Å². The molecule has 5 N–H and O–H groups in total. The Hall–Kier alpha value is -4.00. The number of amides is 1. The molecule has 0 unspecified atom stereocenters. The number of imidazole rings is 1. The molecule has 2 atom stereocenters. The molecule has 2 aromatic carbocycles. The summed E-state index contributed by atoms with van der Waals surface area (Å²) in [7, 11) is 0. The lowest BCUT2D eigenvalue weighted by atomic mass is 9.91. The first-order chi connectivity index (χ1) is 19.8. The lowest BCUT2D eigenvalue weighted by Crippen LogP contribution is -2.41. The summed E-state index contributed by atoms with van der Waals surface area (Å²) in [5, 5.41) is 12.5. The predicted molar refractivity (Wildman–Crippen MR) is 165 cm³/mol. The van der Waals surface area contributed by atoms with Gasteiger partial charge in [0, 0.05) is 48.8 Å². The summed E-state index contributed by atoms with van der Waals surface area (Å²) in [5.41, 5.74) is 15.1. The number of Topliss-reactive ketones (excluding diaryl/α,β-unsaturated/α-hetero) is 1. The Balaban J connectivity index is 1.81. The highest BCUT2D eigenvalue weighted by Crippen LogP contribution is 2.28. The molecule has 0 aliphatic heterocycles. The van der Waals surface area contributed by atoms with Gasteiger partial charge in [0.15, 0.2) is 5.78 Å². The second kappa shape index (κ2) is 14.3. The molecule has 3 aromatic rings. The molecule has 0 saturated carbocycles. The van der Waals surface area contributed by atoms with E-state index in [-0.39, 0.29) is 35.5 Å². The van der Waals surface area contributed by atoms with Crippen LogP contribution in [0.15, 0.2) is 48.7 Å². The topological polar surface area (TPSA) is 149 Å². The van der Waals surface area contributed by atoms with Crippen molar-refractivity contribution in [1.82, 2.24) is 14.9 Å². The van der Waals surface area contributed by atoms with Gasteiger partial charge in [0.25, 0.3) is 0 Å². The molecule has 9 heteroatoms. The van der Waals surface area contributed by atoms with E-state index in [9.17, 15) is 14.9 Å². The van der Waals surface area contributed by atoms with Crippen LogP contribution >= 0.6 is 0 Å². The summed E-state index contributed by atoms with van der Waals surface area (Å²) < 4.78 is 7.81. The fraction of sp³-hybridized carbons (Fsp3) is 0.455. The number of hydrogen-bond acceptors (Lipinski definition) is 7. The Morgan fingerprint density at radius 1 is 1.12 bits per heavy atom. The number of nitrogens with one attached hydrogen (secondary N) is 1. The summed E-state index contributed by atoms with van der Waals surface area (Å²) in [6.07, 6.45) is 2.71. The lowest BCUT2D eigenvalue weighted by molar-refractivity contribution is -0.122. The van der Waals surface area contributed by atoms with Crippen LogP contribution in [0.5, 0.6) is 5.75 Å². The van der Waals surface area contributed by atoms with E-state index in [1.807, 2.05) is 44.3 Å². The first kappa shape index (κ1) is 32.5. The first-order valence-corrected chi connectivity index (χ1v) is 14.5. The fourth-order valence-electron chi connectivity index (χ4n) is 4.76. The van der Waals surface area contributed by atoms with Gasteiger partial charge in [0.2, 0.25) is 5.91 Å². The Morgan fingerprint density at radius 2 is 1.81 bits per heavy atom. The van der Waals surface area contributed by atoms with Gasteiger partial charge in [0.1, 0.15) is 17.6 Å². The second-order valence-electron chi connectivity index (χ2n) is 12.1. The van der Waals surface area contributed by atoms with E-state index in [1.54, 1.807) is 25.1 Å². The van der Waals surface area contributed by atoms with Crippen molar-refractivity contribution in [3.8, 4) is 23.1 Å². The normalized spacial score (nSPS) is 13.0. The Labute approximate surface area is 249 Å². The van der Waals surface area contributed by atoms with Crippen molar-refractivity contribution in [2.45, 2.75) is 78.5 Å². The molecule has 3 rings (SSSR count). The first-order valence-electron chi connectivity index (χ1n) is 14.5. The molecule has 1 heterocycles. The number of carbonyl (C=O) groups is 2. The molecular formula is C33H44N6O3. The molecule has 0 radical (unpaired) electrons. The number of benzene rings is 2. The molecule has 0 saturated heterocycles. The van der Waals surface area contributed by atoms with E-state index in [0.717, 1.165) is 22.6 Å². The molecule has 224 valence electrons. The van der Waals surface area contributed by atoms with Gasteiger partial charge in [-0.1, -0.05) is 45.0 Å². The maximum Gasteiger partial charge on any atom is 0.236 e. The summed E-state index contributed by atoms with van der Waals surface area (Å²) in [6.45, 7) is 13.3. The van der Waals surface area contributed by atoms with Crippen LogP contribution in [0, 0.1) is 17.2 Å². The monoisotopic (exact) mass is 572 g/mol. The Morgan fingerprint density at radius 3 is 2.38 bits per heavy atom. The quantitative estimate of drug-likeness (QED) is 0.258. The number of nitrogens with zero attached hydrogens (tertiary/aromatic N) is 3. The number of carbonyl (C=O) groups excluding carboxylic acids is 2. The summed E-state index contributed by atoms with van der Waals surface area (Å²) in [5.74, 6) is 0.873. The third-order valence-corrected chi connectivity index (χ3v) is 6.83. The molecular weight excluding hydrogens is 528 g/mol. The number of hydrogen-bond donors (Lipinski definition) is 3. The van der Waals surface area contributed by atoms with Gasteiger partial charge in [-0.2, -0.15) is 5.26 Å². The maximum absolute atomic E-state index is 13.3. The Kier molecular flexibility index (Phi) is 11.0. The van der Waals surface area contributed by atoms with Gasteiger partial charge in [0.05, 0.1) is 23.4 Å². The van der Waals surface area contributed by atoms with E-state index in [0.29, 0.717) is 42.9 Å². The van der Waals surface area contributed by atoms with Gasteiger partial charge >= 0.3 is 0 Å². The van der Waals surface area contributed by atoms with Gasteiger partial charge in [-0.25, -0.2) is 4.98 Å². The number of ketones is 1. The summed E-state index contributed by atoms with van der Waals surface area (Å²) in [4.78, 5) is 30.5. The van der Waals surface area contributed by atoms with Crippen LogP contribution in [0.25, 0.3) is 11.3 Å². The molecule has 1 aromatic heterocycles. The van der Waals surface area contributed by atoms with Crippen LogP contribution < -0.4 is 21.5 Å². The highest BCUT2D eigenvalue weighted by atomic mass is 16.5. The molecule has 0 fully saturated rings. The highest BCUT2D eigenvalue weighted by molar-refractivity contribution is 5.96. The molecule has 0 spiro atoms. The van der Waals surface area contributed by atoms with E-state index >= 15 is 0 Å².